The Labute approximate surface area is 237 Å². The molecule has 41 heavy (non-hydrogen) atoms. The van der Waals surface area contributed by atoms with Crippen molar-refractivity contribution in [2.45, 2.75) is 36.6 Å². The van der Waals surface area contributed by atoms with Gasteiger partial charge in [-0.3, -0.25) is 4.90 Å². The zero-order chi connectivity index (χ0) is 30.6. The van der Waals surface area contributed by atoms with Gasteiger partial charge in [-0.15, -0.1) is 0 Å². The maximum absolute atomic E-state index is 15.1. The third-order valence-corrected chi connectivity index (χ3v) is 7.65. The minimum atomic E-state index is -4.77. The topological polar surface area (TPSA) is 66.8 Å². The van der Waals surface area contributed by atoms with Crippen molar-refractivity contribution in [1.29, 1.82) is 0 Å². The van der Waals surface area contributed by atoms with Gasteiger partial charge in [0.05, 0.1) is 35.2 Å². The van der Waals surface area contributed by atoms with Crippen LogP contribution < -0.4 is 4.74 Å². The van der Waals surface area contributed by atoms with E-state index in [1.807, 2.05) is 0 Å². The highest BCUT2D eigenvalue weighted by molar-refractivity contribution is 7.90. The Morgan fingerprint density at radius 2 is 1.66 bits per heavy atom. The first kappa shape index (κ1) is 32.6. The van der Waals surface area contributed by atoms with E-state index in [2.05, 4.69) is 0 Å². The molecule has 14 heteroatoms. The maximum Gasteiger partial charge on any atom is 0.417 e. The molecule has 0 aliphatic carbocycles. The van der Waals surface area contributed by atoms with E-state index in [9.17, 15) is 35.5 Å². The van der Waals surface area contributed by atoms with Crippen molar-refractivity contribution < 1.29 is 49.0 Å². The Morgan fingerprint density at radius 1 is 1.00 bits per heavy atom. The van der Waals surface area contributed by atoms with Crippen molar-refractivity contribution in [3.63, 3.8) is 0 Å². The molecule has 3 aromatic carbocycles. The number of sulfone groups is 1. The number of halogens is 8. The van der Waals surface area contributed by atoms with Crippen LogP contribution in [0, 0.1) is 11.6 Å². The lowest BCUT2D eigenvalue weighted by molar-refractivity contribution is -0.137. The molecule has 0 spiro atoms. The van der Waals surface area contributed by atoms with Gasteiger partial charge < -0.3 is 9.84 Å². The molecular formula is C27H25ClF7NO4S. The minimum absolute atomic E-state index is 0.00760. The van der Waals surface area contributed by atoms with E-state index in [0.717, 1.165) is 59.7 Å². The normalized spacial score (nSPS) is 12.7. The molecule has 0 saturated heterocycles. The van der Waals surface area contributed by atoms with Gasteiger partial charge in [0.1, 0.15) is 17.4 Å². The van der Waals surface area contributed by atoms with Gasteiger partial charge in [0.25, 0.3) is 5.92 Å². The number of nitrogens with zero attached hydrogens (tertiary/aromatic N) is 1. The second kappa shape index (κ2) is 13.0. The first-order valence-corrected chi connectivity index (χ1v) is 14.3. The van der Waals surface area contributed by atoms with Gasteiger partial charge >= 0.3 is 6.18 Å². The Hall–Kier alpha value is -2.87. The van der Waals surface area contributed by atoms with Crippen LogP contribution in [-0.4, -0.2) is 44.4 Å². The van der Waals surface area contributed by atoms with Crippen LogP contribution in [0.15, 0.2) is 59.5 Å². The monoisotopic (exact) mass is 627 g/mol. The molecule has 5 nitrogen and oxygen atoms in total. The second-order valence-corrected chi connectivity index (χ2v) is 11.6. The molecule has 0 aliphatic heterocycles. The van der Waals surface area contributed by atoms with E-state index in [4.69, 9.17) is 16.3 Å². The predicted octanol–water partition coefficient (Wildman–Crippen LogP) is 6.60. The van der Waals surface area contributed by atoms with Crippen molar-refractivity contribution in [2.24, 2.45) is 0 Å². The summed E-state index contributed by atoms with van der Waals surface area (Å²) in [6.45, 7) is -2.61. The number of rotatable bonds is 12. The molecule has 0 saturated carbocycles. The molecule has 0 aliphatic rings. The summed E-state index contributed by atoms with van der Waals surface area (Å²) in [7, 11) is -3.92. The summed E-state index contributed by atoms with van der Waals surface area (Å²) in [6, 6.07) is 8.55. The average Bonchev–Trinajstić information content (AvgIpc) is 2.86. The summed E-state index contributed by atoms with van der Waals surface area (Å²) in [5.74, 6) is -5.47. The van der Waals surface area contributed by atoms with Gasteiger partial charge in [0.15, 0.2) is 9.84 Å². The fourth-order valence-electron chi connectivity index (χ4n) is 4.08. The zero-order valence-corrected chi connectivity index (χ0v) is 23.1. The second-order valence-electron chi connectivity index (χ2n) is 9.21. The Bertz CT molecular complexity index is 1470. The maximum atomic E-state index is 15.1. The molecule has 0 unspecified atom stereocenters. The molecule has 0 aromatic heterocycles. The van der Waals surface area contributed by atoms with Crippen molar-refractivity contribution in [2.75, 3.05) is 26.0 Å². The number of hydrogen-bond donors (Lipinski definition) is 1. The third-order valence-electron chi connectivity index (χ3n) is 6.04. The van der Waals surface area contributed by atoms with Crippen LogP contribution in [0.3, 0.4) is 0 Å². The van der Waals surface area contributed by atoms with Crippen molar-refractivity contribution in [1.82, 2.24) is 4.90 Å². The molecule has 0 heterocycles. The highest BCUT2D eigenvalue weighted by atomic mass is 35.5. The Morgan fingerprint density at radius 3 is 2.24 bits per heavy atom. The third kappa shape index (κ3) is 8.57. The number of benzene rings is 3. The van der Waals surface area contributed by atoms with Gasteiger partial charge in [0, 0.05) is 36.5 Å². The van der Waals surface area contributed by atoms with E-state index in [1.165, 1.54) is 6.07 Å². The molecule has 3 rings (SSSR count). The zero-order valence-electron chi connectivity index (χ0n) is 21.5. The number of alkyl halides is 5. The smallest absolute Gasteiger partial charge is 0.417 e. The van der Waals surface area contributed by atoms with Gasteiger partial charge in [-0.05, 0) is 36.2 Å². The summed E-state index contributed by atoms with van der Waals surface area (Å²) in [6.07, 6.45) is -3.94. The molecule has 224 valence electrons. The SMILES string of the molecule is CS(=O)(=O)c1cc(OCCCN(Cc2cccc(C(F)(F)F)c2Cl)CC(F)(F)c2ccc(F)cc2)cc(F)c1CO. The summed E-state index contributed by atoms with van der Waals surface area (Å²) < 4.78 is 127. The Kier molecular flexibility index (Phi) is 10.3. The number of ether oxygens (including phenoxy) is 1. The van der Waals surface area contributed by atoms with Gasteiger partial charge in [-0.25, -0.2) is 17.2 Å². The van der Waals surface area contributed by atoms with Crippen LogP contribution >= 0.6 is 11.6 Å². The van der Waals surface area contributed by atoms with Crippen molar-refractivity contribution >= 4 is 21.4 Å². The lowest BCUT2D eigenvalue weighted by Crippen LogP contribution is -2.36. The average molecular weight is 628 g/mol. The standard InChI is InChI=1S/C27H25ClF7NO4S/c1-41(38,39)24-13-20(12-23(30)21(24)15-37)40-11-3-10-36(16-26(31,32)18-6-8-19(29)9-7-18)14-17-4-2-5-22(25(17)28)27(33,34)35/h2,4-9,12-13,37H,3,10-11,14-16H2,1H3. The van der Waals surface area contributed by atoms with E-state index in [1.54, 1.807) is 0 Å². The van der Waals surface area contributed by atoms with E-state index >= 15 is 8.78 Å². The molecule has 0 atom stereocenters. The quantitative estimate of drug-likeness (QED) is 0.181. The summed E-state index contributed by atoms with van der Waals surface area (Å²) in [5.41, 5.74) is -2.13. The molecule has 0 radical (unpaired) electrons. The lowest BCUT2D eigenvalue weighted by Gasteiger charge is -2.28. The molecule has 0 amide bonds. The number of hydrogen-bond acceptors (Lipinski definition) is 5. The fraction of sp³-hybridized carbons (Fsp3) is 0.333. The van der Waals surface area contributed by atoms with Crippen molar-refractivity contribution in [3.8, 4) is 5.75 Å². The largest absolute Gasteiger partial charge is 0.493 e. The molecule has 0 bridgehead atoms. The lowest BCUT2D eigenvalue weighted by atomic mass is 10.1. The highest BCUT2D eigenvalue weighted by Gasteiger charge is 2.36. The first-order chi connectivity index (χ1) is 19.0. The van der Waals surface area contributed by atoms with Gasteiger partial charge in [0.2, 0.25) is 0 Å². The van der Waals surface area contributed by atoms with Crippen LogP contribution in [0.1, 0.15) is 28.7 Å². The van der Waals surface area contributed by atoms with Gasteiger partial charge in [-0.2, -0.15) is 22.0 Å². The molecule has 0 fully saturated rings. The summed E-state index contributed by atoms with van der Waals surface area (Å²) >= 11 is 5.97. The van der Waals surface area contributed by atoms with E-state index in [0.29, 0.717) is 0 Å². The van der Waals surface area contributed by atoms with Crippen LogP contribution in [0.25, 0.3) is 0 Å². The highest BCUT2D eigenvalue weighted by Crippen LogP contribution is 2.37. The van der Waals surface area contributed by atoms with E-state index < -0.39 is 79.9 Å². The predicted molar refractivity (Wildman–Crippen MR) is 138 cm³/mol. The number of aliphatic hydroxyl groups excluding tert-OH is 1. The van der Waals surface area contributed by atoms with Crippen LogP contribution in [0.5, 0.6) is 5.75 Å². The van der Waals surface area contributed by atoms with Crippen LogP contribution in [-0.2, 0) is 35.1 Å². The molecular weight excluding hydrogens is 603 g/mol. The molecule has 1 N–H and O–H groups in total. The van der Waals surface area contributed by atoms with Crippen LogP contribution in [0.4, 0.5) is 30.7 Å². The fourth-order valence-corrected chi connectivity index (χ4v) is 5.31. The van der Waals surface area contributed by atoms with Gasteiger partial charge in [-0.1, -0.05) is 35.9 Å². The van der Waals surface area contributed by atoms with Crippen LogP contribution in [0.2, 0.25) is 5.02 Å². The first-order valence-electron chi connectivity index (χ1n) is 12.0. The summed E-state index contributed by atoms with van der Waals surface area (Å²) in [5, 5.41) is 8.68. The minimum Gasteiger partial charge on any atom is -0.493 e. The van der Waals surface area contributed by atoms with E-state index in [-0.39, 0.29) is 30.9 Å². The Balaban J connectivity index is 1.81. The molecule has 3 aromatic rings. The van der Waals surface area contributed by atoms with Crippen molar-refractivity contribution in [3.05, 3.63) is 93.5 Å². The number of aliphatic hydroxyl groups is 1. The summed E-state index contributed by atoms with van der Waals surface area (Å²) in [4.78, 5) is 0.667.